The number of nitrogens with zero attached hydrogens (tertiary/aromatic N) is 3. The SMILES string of the molecule is Cc1cc2ccccc2n1C(c1ccc(N(C)C)cc1)n1c(C)cc2ccccc21. The molecule has 0 saturated heterocycles. The highest BCUT2D eigenvalue weighted by Gasteiger charge is 2.23. The number of para-hydroxylation sites is 2. The molecule has 0 amide bonds. The van der Waals surface area contributed by atoms with E-state index in [1.807, 2.05) is 0 Å². The number of aryl methyl sites for hydroxylation is 2. The van der Waals surface area contributed by atoms with Crippen LogP contribution in [-0.4, -0.2) is 23.2 Å². The zero-order valence-electron chi connectivity index (χ0n) is 18.0. The van der Waals surface area contributed by atoms with Gasteiger partial charge in [0.25, 0.3) is 0 Å². The zero-order chi connectivity index (χ0) is 20.8. The predicted molar refractivity (Wildman–Crippen MR) is 128 cm³/mol. The minimum Gasteiger partial charge on any atom is -0.378 e. The van der Waals surface area contributed by atoms with E-state index in [0.29, 0.717) is 0 Å². The molecule has 0 aliphatic carbocycles. The Morgan fingerprint density at radius 1 is 0.633 bits per heavy atom. The summed E-state index contributed by atoms with van der Waals surface area (Å²) in [5.74, 6) is 0. The van der Waals surface area contributed by atoms with E-state index in [1.54, 1.807) is 0 Å². The van der Waals surface area contributed by atoms with Crippen molar-refractivity contribution < 1.29 is 0 Å². The van der Waals surface area contributed by atoms with Crippen molar-refractivity contribution in [2.24, 2.45) is 0 Å². The Bertz CT molecular complexity index is 1260. The van der Waals surface area contributed by atoms with Crippen molar-refractivity contribution in [2.45, 2.75) is 20.0 Å². The van der Waals surface area contributed by atoms with Gasteiger partial charge in [-0.2, -0.15) is 0 Å². The maximum absolute atomic E-state index is 2.47. The lowest BCUT2D eigenvalue weighted by molar-refractivity contribution is 0.515. The second-order valence-electron chi connectivity index (χ2n) is 8.29. The van der Waals surface area contributed by atoms with Crippen LogP contribution in [0, 0.1) is 13.8 Å². The molecule has 5 aromatic rings. The lowest BCUT2D eigenvalue weighted by Crippen LogP contribution is -2.21. The van der Waals surface area contributed by atoms with E-state index in [1.165, 1.54) is 44.4 Å². The van der Waals surface area contributed by atoms with E-state index >= 15 is 0 Å². The first kappa shape index (κ1) is 18.6. The third-order valence-electron chi connectivity index (χ3n) is 6.08. The number of benzene rings is 3. The highest BCUT2D eigenvalue weighted by molar-refractivity contribution is 5.83. The van der Waals surface area contributed by atoms with Crippen LogP contribution in [0.5, 0.6) is 0 Å². The molecule has 3 nitrogen and oxygen atoms in total. The largest absolute Gasteiger partial charge is 0.378 e. The lowest BCUT2D eigenvalue weighted by Gasteiger charge is -2.27. The van der Waals surface area contributed by atoms with Crippen LogP contribution >= 0.6 is 0 Å². The fourth-order valence-corrected chi connectivity index (χ4v) is 4.63. The van der Waals surface area contributed by atoms with Crippen molar-refractivity contribution in [1.29, 1.82) is 0 Å². The molecule has 30 heavy (non-hydrogen) atoms. The summed E-state index contributed by atoms with van der Waals surface area (Å²) in [6.07, 6.45) is 0.0426. The van der Waals surface area contributed by atoms with E-state index in [-0.39, 0.29) is 6.17 Å². The normalized spacial score (nSPS) is 11.6. The molecular formula is C27H27N3. The first-order valence-electron chi connectivity index (χ1n) is 10.4. The maximum atomic E-state index is 2.47. The fourth-order valence-electron chi connectivity index (χ4n) is 4.63. The second kappa shape index (κ2) is 7.10. The smallest absolute Gasteiger partial charge is 0.136 e. The summed E-state index contributed by atoms with van der Waals surface area (Å²) in [6, 6.07) is 30.9. The summed E-state index contributed by atoms with van der Waals surface area (Å²) < 4.78 is 4.94. The van der Waals surface area contributed by atoms with Crippen LogP contribution in [0.25, 0.3) is 21.8 Å². The summed E-state index contributed by atoms with van der Waals surface area (Å²) in [6.45, 7) is 4.42. The van der Waals surface area contributed by atoms with Gasteiger partial charge in [0.05, 0.1) is 11.0 Å². The van der Waals surface area contributed by atoms with Crippen LogP contribution in [0.2, 0.25) is 0 Å². The van der Waals surface area contributed by atoms with Crippen molar-refractivity contribution in [1.82, 2.24) is 9.13 Å². The summed E-state index contributed by atoms with van der Waals surface area (Å²) >= 11 is 0. The van der Waals surface area contributed by atoms with Crippen molar-refractivity contribution in [3.8, 4) is 0 Å². The fraction of sp³-hybridized carbons (Fsp3) is 0.185. The van der Waals surface area contributed by atoms with Gasteiger partial charge >= 0.3 is 0 Å². The van der Waals surface area contributed by atoms with Gasteiger partial charge in [0.15, 0.2) is 0 Å². The molecule has 0 aliphatic heterocycles. The standard InChI is InChI=1S/C27H27N3/c1-19-17-22-9-5-7-11-25(22)29(19)27(21-13-15-24(16-14-21)28(3)4)30-20(2)18-23-10-6-8-12-26(23)30/h5-18,27H,1-4H3. The molecule has 2 heterocycles. The Hall–Kier alpha value is -3.46. The average molecular weight is 394 g/mol. The minimum absolute atomic E-state index is 0.0426. The molecule has 150 valence electrons. The summed E-state index contributed by atoms with van der Waals surface area (Å²) in [7, 11) is 4.17. The number of aromatic nitrogens is 2. The molecule has 2 aromatic heterocycles. The summed E-state index contributed by atoms with van der Waals surface area (Å²) in [5, 5.41) is 2.55. The summed E-state index contributed by atoms with van der Waals surface area (Å²) in [4.78, 5) is 2.14. The molecule has 0 unspecified atom stereocenters. The molecule has 0 spiro atoms. The Balaban J connectivity index is 1.82. The second-order valence-corrected chi connectivity index (χ2v) is 8.29. The molecule has 0 bridgehead atoms. The van der Waals surface area contributed by atoms with Gasteiger partial charge < -0.3 is 14.0 Å². The van der Waals surface area contributed by atoms with Crippen molar-refractivity contribution >= 4 is 27.5 Å². The monoisotopic (exact) mass is 393 g/mol. The van der Waals surface area contributed by atoms with Gasteiger partial charge in [0, 0.05) is 31.2 Å². The zero-order valence-corrected chi connectivity index (χ0v) is 18.0. The topological polar surface area (TPSA) is 13.1 Å². The van der Waals surface area contributed by atoms with Crippen molar-refractivity contribution in [3.63, 3.8) is 0 Å². The lowest BCUT2D eigenvalue weighted by atomic mass is 10.1. The molecule has 0 aliphatic rings. The molecule has 0 saturated carbocycles. The minimum atomic E-state index is 0.0426. The van der Waals surface area contributed by atoms with Gasteiger partial charge in [-0.3, -0.25) is 0 Å². The predicted octanol–water partition coefficient (Wildman–Crippen LogP) is 6.37. The van der Waals surface area contributed by atoms with E-state index in [9.17, 15) is 0 Å². The molecule has 0 fully saturated rings. The molecule has 0 N–H and O–H groups in total. The van der Waals surface area contributed by atoms with E-state index < -0.39 is 0 Å². The number of rotatable bonds is 4. The van der Waals surface area contributed by atoms with Crippen LogP contribution in [0.3, 0.4) is 0 Å². The average Bonchev–Trinajstić information content (AvgIpc) is 3.25. The van der Waals surface area contributed by atoms with Crippen LogP contribution in [-0.2, 0) is 0 Å². The van der Waals surface area contributed by atoms with Crippen molar-refractivity contribution in [2.75, 3.05) is 19.0 Å². The summed E-state index contributed by atoms with van der Waals surface area (Å²) in [5.41, 5.74) is 7.52. The molecular weight excluding hydrogens is 366 g/mol. The Morgan fingerprint density at radius 2 is 1.10 bits per heavy atom. The number of fused-ring (bicyclic) bond motifs is 2. The van der Waals surface area contributed by atoms with E-state index in [4.69, 9.17) is 0 Å². The highest BCUT2D eigenvalue weighted by atomic mass is 15.2. The van der Waals surface area contributed by atoms with Gasteiger partial charge in [-0.15, -0.1) is 0 Å². The van der Waals surface area contributed by atoms with Gasteiger partial charge in [0.1, 0.15) is 6.17 Å². The molecule has 0 atom stereocenters. The number of anilines is 1. The van der Waals surface area contributed by atoms with Crippen LogP contribution in [0.1, 0.15) is 23.1 Å². The number of hydrogen-bond donors (Lipinski definition) is 0. The molecule has 0 radical (unpaired) electrons. The van der Waals surface area contributed by atoms with E-state index in [0.717, 1.165) is 0 Å². The van der Waals surface area contributed by atoms with Crippen molar-refractivity contribution in [3.05, 3.63) is 102 Å². The first-order chi connectivity index (χ1) is 14.5. The number of hydrogen-bond acceptors (Lipinski definition) is 1. The van der Waals surface area contributed by atoms with Crippen LogP contribution < -0.4 is 4.90 Å². The van der Waals surface area contributed by atoms with Gasteiger partial charge in [-0.25, -0.2) is 0 Å². The first-order valence-corrected chi connectivity index (χ1v) is 10.4. The molecule has 5 rings (SSSR count). The Kier molecular flexibility index (Phi) is 4.39. The molecule has 3 aromatic carbocycles. The van der Waals surface area contributed by atoms with Gasteiger partial charge in [-0.05, 0) is 66.6 Å². The van der Waals surface area contributed by atoms with Gasteiger partial charge in [-0.1, -0.05) is 48.5 Å². The third kappa shape index (κ3) is 2.89. The van der Waals surface area contributed by atoms with Gasteiger partial charge in [0.2, 0.25) is 0 Å². The van der Waals surface area contributed by atoms with Crippen LogP contribution in [0.4, 0.5) is 5.69 Å². The Labute approximate surface area is 177 Å². The maximum Gasteiger partial charge on any atom is 0.136 e. The molecule has 3 heteroatoms. The quantitative estimate of drug-likeness (QED) is 0.345. The van der Waals surface area contributed by atoms with Crippen LogP contribution in [0.15, 0.2) is 84.9 Å². The Morgan fingerprint density at radius 3 is 1.57 bits per heavy atom. The van der Waals surface area contributed by atoms with E-state index in [2.05, 4.69) is 127 Å². The highest BCUT2D eigenvalue weighted by Crippen LogP contribution is 2.34. The third-order valence-corrected chi connectivity index (χ3v) is 6.08.